The van der Waals surface area contributed by atoms with E-state index in [1.807, 2.05) is 6.20 Å². The van der Waals surface area contributed by atoms with Gasteiger partial charge in [0.2, 0.25) is 0 Å². The second-order valence-corrected chi connectivity index (χ2v) is 3.99. The molecular weight excluding hydrogens is 247 g/mol. The topological polar surface area (TPSA) is 41.8 Å². The Hall–Kier alpha value is -0.870. The second-order valence-electron chi connectivity index (χ2n) is 3.13. The van der Waals surface area contributed by atoms with Crippen molar-refractivity contribution in [1.82, 2.24) is 4.98 Å². The van der Waals surface area contributed by atoms with Crippen LogP contribution in [0.25, 0.3) is 10.9 Å². The number of benzene rings is 1. The minimum atomic E-state index is -0.201. The Bertz CT molecular complexity index is 464. The lowest BCUT2D eigenvalue weighted by molar-refractivity contribution is 0.639. The molecule has 4 heteroatoms. The summed E-state index contributed by atoms with van der Waals surface area (Å²) in [5.74, 6) is -0.201. The Morgan fingerprint density at radius 1 is 1.43 bits per heavy atom. The third kappa shape index (κ3) is 1.44. The number of aromatic amines is 1. The van der Waals surface area contributed by atoms with E-state index in [1.54, 1.807) is 6.07 Å². The molecule has 0 spiro atoms. The SMILES string of the molecule is NCCc1c[nH]c2c(Br)ccc(F)c12. The first-order chi connectivity index (χ1) is 6.74. The highest BCUT2D eigenvalue weighted by molar-refractivity contribution is 9.10. The highest BCUT2D eigenvalue weighted by atomic mass is 79.9. The van der Waals surface area contributed by atoms with Crippen molar-refractivity contribution in [3.05, 3.63) is 34.2 Å². The summed E-state index contributed by atoms with van der Waals surface area (Å²) in [5, 5.41) is 0.643. The van der Waals surface area contributed by atoms with E-state index in [9.17, 15) is 4.39 Å². The molecule has 74 valence electrons. The smallest absolute Gasteiger partial charge is 0.132 e. The van der Waals surface area contributed by atoms with Gasteiger partial charge in [0.15, 0.2) is 0 Å². The molecule has 2 aromatic rings. The maximum Gasteiger partial charge on any atom is 0.132 e. The van der Waals surface area contributed by atoms with Crippen molar-refractivity contribution in [2.24, 2.45) is 5.73 Å². The summed E-state index contributed by atoms with van der Waals surface area (Å²) < 4.78 is 14.4. The summed E-state index contributed by atoms with van der Waals surface area (Å²) in [6.45, 7) is 0.527. The minimum Gasteiger partial charge on any atom is -0.360 e. The zero-order chi connectivity index (χ0) is 10.1. The normalized spacial score (nSPS) is 11.1. The van der Waals surface area contributed by atoms with Crippen LogP contribution in [0.2, 0.25) is 0 Å². The van der Waals surface area contributed by atoms with Crippen LogP contribution in [0.1, 0.15) is 5.56 Å². The van der Waals surface area contributed by atoms with Crippen LogP contribution in [0.5, 0.6) is 0 Å². The van der Waals surface area contributed by atoms with Crippen LogP contribution < -0.4 is 5.73 Å². The van der Waals surface area contributed by atoms with Crippen LogP contribution >= 0.6 is 15.9 Å². The van der Waals surface area contributed by atoms with Gasteiger partial charge in [0.25, 0.3) is 0 Å². The van der Waals surface area contributed by atoms with E-state index < -0.39 is 0 Å². The van der Waals surface area contributed by atoms with Crippen molar-refractivity contribution >= 4 is 26.8 Å². The molecule has 0 fully saturated rings. The Kier molecular flexibility index (Phi) is 2.56. The average Bonchev–Trinajstić information content (AvgIpc) is 2.58. The third-order valence-electron chi connectivity index (χ3n) is 2.23. The molecule has 3 N–H and O–H groups in total. The molecule has 0 aliphatic carbocycles. The van der Waals surface area contributed by atoms with E-state index in [1.165, 1.54) is 6.07 Å². The van der Waals surface area contributed by atoms with Crippen LogP contribution in [0.15, 0.2) is 22.8 Å². The number of fused-ring (bicyclic) bond motifs is 1. The second kappa shape index (κ2) is 3.71. The van der Waals surface area contributed by atoms with Crippen molar-refractivity contribution < 1.29 is 4.39 Å². The largest absolute Gasteiger partial charge is 0.360 e. The van der Waals surface area contributed by atoms with E-state index in [0.717, 1.165) is 15.6 Å². The van der Waals surface area contributed by atoms with Gasteiger partial charge in [-0.05, 0) is 46.6 Å². The molecule has 1 aromatic carbocycles. The lowest BCUT2D eigenvalue weighted by atomic mass is 10.1. The molecule has 0 atom stereocenters. The summed E-state index contributed by atoms with van der Waals surface area (Å²) in [6, 6.07) is 3.15. The Morgan fingerprint density at radius 2 is 2.21 bits per heavy atom. The maximum atomic E-state index is 13.5. The molecule has 0 radical (unpaired) electrons. The van der Waals surface area contributed by atoms with E-state index in [-0.39, 0.29) is 5.82 Å². The fourth-order valence-electron chi connectivity index (χ4n) is 1.59. The van der Waals surface area contributed by atoms with Crippen molar-refractivity contribution in [3.8, 4) is 0 Å². The van der Waals surface area contributed by atoms with E-state index in [2.05, 4.69) is 20.9 Å². The molecule has 0 aliphatic heterocycles. The highest BCUT2D eigenvalue weighted by Crippen LogP contribution is 2.28. The molecule has 1 heterocycles. The van der Waals surface area contributed by atoms with Crippen molar-refractivity contribution in [3.63, 3.8) is 0 Å². The number of hydrogen-bond donors (Lipinski definition) is 2. The van der Waals surface area contributed by atoms with Crippen LogP contribution in [0.3, 0.4) is 0 Å². The Labute approximate surface area is 89.4 Å². The van der Waals surface area contributed by atoms with Gasteiger partial charge in [-0.15, -0.1) is 0 Å². The standard InChI is InChI=1S/C10H10BrFN2/c11-7-1-2-8(12)9-6(3-4-13)5-14-10(7)9/h1-2,5,14H,3-4,13H2. The first-order valence-electron chi connectivity index (χ1n) is 4.38. The quantitative estimate of drug-likeness (QED) is 0.853. The molecule has 14 heavy (non-hydrogen) atoms. The zero-order valence-electron chi connectivity index (χ0n) is 7.48. The number of rotatable bonds is 2. The lowest BCUT2D eigenvalue weighted by Gasteiger charge is -1.99. The minimum absolute atomic E-state index is 0.201. The van der Waals surface area contributed by atoms with E-state index in [0.29, 0.717) is 18.4 Å². The van der Waals surface area contributed by atoms with Crippen LogP contribution in [0.4, 0.5) is 4.39 Å². The Balaban J connectivity index is 2.70. The zero-order valence-corrected chi connectivity index (χ0v) is 9.07. The van der Waals surface area contributed by atoms with Gasteiger partial charge in [-0.1, -0.05) is 0 Å². The van der Waals surface area contributed by atoms with Gasteiger partial charge in [0.1, 0.15) is 5.82 Å². The van der Waals surface area contributed by atoms with Crippen molar-refractivity contribution in [2.75, 3.05) is 6.54 Å². The molecule has 0 amide bonds. The summed E-state index contributed by atoms with van der Waals surface area (Å²) in [7, 11) is 0. The predicted octanol–water partition coefficient (Wildman–Crippen LogP) is 2.57. The molecule has 0 saturated carbocycles. The molecule has 0 aliphatic rings. The fourth-order valence-corrected chi connectivity index (χ4v) is 2.04. The van der Waals surface area contributed by atoms with Gasteiger partial charge < -0.3 is 10.7 Å². The van der Waals surface area contributed by atoms with Crippen molar-refractivity contribution in [2.45, 2.75) is 6.42 Å². The van der Waals surface area contributed by atoms with Gasteiger partial charge in [-0.25, -0.2) is 4.39 Å². The highest BCUT2D eigenvalue weighted by Gasteiger charge is 2.10. The van der Waals surface area contributed by atoms with Gasteiger partial charge in [0.05, 0.1) is 5.52 Å². The number of nitrogens with two attached hydrogens (primary N) is 1. The number of nitrogens with one attached hydrogen (secondary N) is 1. The fraction of sp³-hybridized carbons (Fsp3) is 0.200. The van der Waals surface area contributed by atoms with E-state index in [4.69, 9.17) is 5.73 Å². The molecule has 0 unspecified atom stereocenters. The van der Waals surface area contributed by atoms with Gasteiger partial charge >= 0.3 is 0 Å². The van der Waals surface area contributed by atoms with Gasteiger partial charge in [-0.2, -0.15) is 0 Å². The number of aromatic nitrogens is 1. The van der Waals surface area contributed by atoms with E-state index >= 15 is 0 Å². The van der Waals surface area contributed by atoms with Crippen molar-refractivity contribution in [1.29, 1.82) is 0 Å². The summed E-state index contributed by atoms with van der Waals surface area (Å²) in [4.78, 5) is 3.04. The first kappa shape index (κ1) is 9.68. The third-order valence-corrected chi connectivity index (χ3v) is 2.89. The summed E-state index contributed by atoms with van der Waals surface area (Å²) in [5.41, 5.74) is 7.18. The first-order valence-corrected chi connectivity index (χ1v) is 5.17. The maximum absolute atomic E-state index is 13.5. The monoisotopic (exact) mass is 256 g/mol. The average molecular weight is 257 g/mol. The number of H-pyrrole nitrogens is 1. The predicted molar refractivity (Wildman–Crippen MR) is 58.7 cm³/mol. The molecule has 1 aromatic heterocycles. The van der Waals surface area contributed by atoms with Gasteiger partial charge in [-0.3, -0.25) is 0 Å². The summed E-state index contributed by atoms with van der Waals surface area (Å²) >= 11 is 3.37. The number of halogens is 2. The molecule has 2 rings (SSSR count). The Morgan fingerprint density at radius 3 is 2.93 bits per heavy atom. The lowest BCUT2D eigenvalue weighted by Crippen LogP contribution is -2.02. The van der Waals surface area contributed by atoms with Crippen LogP contribution in [0, 0.1) is 5.82 Å². The molecule has 0 bridgehead atoms. The van der Waals surface area contributed by atoms with Crippen LogP contribution in [-0.2, 0) is 6.42 Å². The van der Waals surface area contributed by atoms with Crippen LogP contribution in [-0.4, -0.2) is 11.5 Å². The number of hydrogen-bond acceptors (Lipinski definition) is 1. The molecule has 2 nitrogen and oxygen atoms in total. The molecule has 0 saturated heterocycles. The summed E-state index contributed by atoms with van der Waals surface area (Å²) in [6.07, 6.45) is 2.50. The van der Waals surface area contributed by atoms with Gasteiger partial charge in [0, 0.05) is 16.1 Å². The molecular formula is C10H10BrFN2.